The number of carbonyl (C=O) groups excluding carboxylic acids is 1. The molecule has 0 fully saturated rings. The van der Waals surface area contributed by atoms with E-state index in [0.29, 0.717) is 38.0 Å². The number of ether oxygens (including phenoxy) is 2. The Morgan fingerprint density at radius 1 is 1.15 bits per heavy atom. The molecule has 3 aromatic rings. The van der Waals surface area contributed by atoms with Gasteiger partial charge in [0.2, 0.25) is 0 Å². The first-order valence-electron chi connectivity index (χ1n) is 10.6. The predicted octanol–water partition coefficient (Wildman–Crippen LogP) is 3.85. The second-order valence-electron chi connectivity index (χ2n) is 7.33. The molecule has 1 aliphatic rings. The highest BCUT2D eigenvalue weighted by molar-refractivity contribution is 7.07. The standard InChI is InChI=1S/C25H23ClN2O4S/c1-4-31-18-12-10-16(11-13-18)22-21(24(30)32-5-2)15(3)27-25-28(22)23(29)20(33-25)14-17-8-6-7-9-19(17)26/h6-14,22H,4-5H2,1-3H3/b20-14-. The van der Waals surface area contributed by atoms with E-state index in [4.69, 9.17) is 21.1 Å². The molecule has 33 heavy (non-hydrogen) atoms. The molecule has 0 N–H and O–H groups in total. The second kappa shape index (κ2) is 9.77. The summed E-state index contributed by atoms with van der Waals surface area (Å²) in [5.41, 5.74) is 2.13. The molecule has 1 aromatic heterocycles. The highest BCUT2D eigenvalue weighted by atomic mass is 35.5. The minimum Gasteiger partial charge on any atom is -0.494 e. The lowest BCUT2D eigenvalue weighted by molar-refractivity contribution is -0.139. The van der Waals surface area contributed by atoms with Gasteiger partial charge in [-0.2, -0.15) is 0 Å². The van der Waals surface area contributed by atoms with Crippen LogP contribution < -0.4 is 19.6 Å². The molecule has 0 radical (unpaired) electrons. The van der Waals surface area contributed by atoms with E-state index in [1.54, 1.807) is 30.6 Å². The van der Waals surface area contributed by atoms with Crippen LogP contribution in [0.3, 0.4) is 0 Å². The summed E-state index contributed by atoms with van der Waals surface area (Å²) >= 11 is 7.57. The molecule has 0 saturated heterocycles. The quantitative estimate of drug-likeness (QED) is 0.500. The van der Waals surface area contributed by atoms with Gasteiger partial charge in [-0.1, -0.05) is 53.3 Å². The smallest absolute Gasteiger partial charge is 0.338 e. The second-order valence-corrected chi connectivity index (χ2v) is 8.74. The average molecular weight is 483 g/mol. The topological polar surface area (TPSA) is 69.9 Å². The minimum absolute atomic E-state index is 0.225. The molecule has 1 unspecified atom stereocenters. The molecule has 6 nitrogen and oxygen atoms in total. The zero-order valence-electron chi connectivity index (χ0n) is 18.5. The zero-order chi connectivity index (χ0) is 23.5. The maximum atomic E-state index is 13.6. The van der Waals surface area contributed by atoms with E-state index in [1.807, 2.05) is 49.4 Å². The molecule has 0 spiro atoms. The average Bonchev–Trinajstić information content (AvgIpc) is 3.10. The Balaban J connectivity index is 1.93. The molecule has 2 heterocycles. The van der Waals surface area contributed by atoms with Crippen molar-refractivity contribution in [2.75, 3.05) is 13.2 Å². The largest absolute Gasteiger partial charge is 0.494 e. The van der Waals surface area contributed by atoms with Crippen LogP contribution in [-0.2, 0) is 9.53 Å². The van der Waals surface area contributed by atoms with Crippen LogP contribution in [0, 0.1) is 0 Å². The number of thiazole rings is 1. The summed E-state index contributed by atoms with van der Waals surface area (Å²) in [6.07, 6.45) is 1.75. The van der Waals surface area contributed by atoms with Crippen LogP contribution in [-0.4, -0.2) is 23.8 Å². The first-order valence-corrected chi connectivity index (χ1v) is 11.8. The molecule has 1 aliphatic heterocycles. The van der Waals surface area contributed by atoms with Crippen LogP contribution in [0.25, 0.3) is 6.08 Å². The van der Waals surface area contributed by atoms with Gasteiger partial charge in [-0.3, -0.25) is 9.36 Å². The Labute approximate surface area is 200 Å². The molecule has 0 amide bonds. The van der Waals surface area contributed by atoms with Gasteiger partial charge in [0.1, 0.15) is 5.75 Å². The molecule has 8 heteroatoms. The van der Waals surface area contributed by atoms with Crippen molar-refractivity contribution in [1.82, 2.24) is 4.57 Å². The molecule has 0 saturated carbocycles. The fourth-order valence-electron chi connectivity index (χ4n) is 3.75. The van der Waals surface area contributed by atoms with Crippen molar-refractivity contribution in [2.45, 2.75) is 26.8 Å². The fraction of sp³-hybridized carbons (Fsp3) is 0.240. The van der Waals surface area contributed by atoms with Crippen LogP contribution in [0.15, 0.2) is 69.6 Å². The first-order chi connectivity index (χ1) is 15.9. The summed E-state index contributed by atoms with van der Waals surface area (Å²) in [5.74, 6) is 0.226. The Morgan fingerprint density at radius 3 is 2.55 bits per heavy atom. The molecule has 170 valence electrons. The molecule has 1 atom stereocenters. The van der Waals surface area contributed by atoms with Crippen molar-refractivity contribution in [3.63, 3.8) is 0 Å². The third-order valence-electron chi connectivity index (χ3n) is 5.22. The van der Waals surface area contributed by atoms with Crippen LogP contribution in [0.5, 0.6) is 5.75 Å². The summed E-state index contributed by atoms with van der Waals surface area (Å²) < 4.78 is 12.9. The molecule has 4 rings (SSSR count). The lowest BCUT2D eigenvalue weighted by Gasteiger charge is -2.24. The monoisotopic (exact) mass is 482 g/mol. The van der Waals surface area contributed by atoms with E-state index in [1.165, 1.54) is 11.3 Å². The van der Waals surface area contributed by atoms with Crippen LogP contribution in [0.1, 0.15) is 37.9 Å². The number of carbonyl (C=O) groups is 1. The highest BCUT2D eigenvalue weighted by Crippen LogP contribution is 2.31. The number of rotatable bonds is 6. The molecule has 0 bridgehead atoms. The molecular weight excluding hydrogens is 460 g/mol. The van der Waals surface area contributed by atoms with E-state index in [2.05, 4.69) is 4.99 Å². The van der Waals surface area contributed by atoms with Gasteiger partial charge in [0.05, 0.1) is 35.1 Å². The number of aromatic nitrogens is 1. The van der Waals surface area contributed by atoms with Gasteiger partial charge in [0, 0.05) is 5.02 Å². The molecule has 2 aromatic carbocycles. The summed E-state index contributed by atoms with van der Waals surface area (Å²) in [4.78, 5) is 31.6. The van der Waals surface area contributed by atoms with Gasteiger partial charge in [0.25, 0.3) is 5.56 Å². The van der Waals surface area contributed by atoms with E-state index < -0.39 is 12.0 Å². The number of hydrogen-bond donors (Lipinski definition) is 0. The summed E-state index contributed by atoms with van der Waals surface area (Å²) in [7, 11) is 0. The van der Waals surface area contributed by atoms with Gasteiger partial charge in [-0.05, 0) is 56.2 Å². The number of esters is 1. The lowest BCUT2D eigenvalue weighted by atomic mass is 9.96. The Morgan fingerprint density at radius 2 is 1.88 bits per heavy atom. The van der Waals surface area contributed by atoms with E-state index >= 15 is 0 Å². The third-order valence-corrected chi connectivity index (χ3v) is 6.54. The number of allylic oxidation sites excluding steroid dienone is 1. The fourth-order valence-corrected chi connectivity index (χ4v) is 4.98. The SMILES string of the molecule is CCOC(=O)C1=C(C)N=c2s/c(=C\c3ccccc3Cl)c(=O)n2C1c1ccc(OCC)cc1. The van der Waals surface area contributed by atoms with E-state index in [-0.39, 0.29) is 12.2 Å². The maximum Gasteiger partial charge on any atom is 0.338 e. The van der Waals surface area contributed by atoms with Crippen molar-refractivity contribution in [2.24, 2.45) is 4.99 Å². The van der Waals surface area contributed by atoms with Gasteiger partial charge in [-0.25, -0.2) is 9.79 Å². The Hall–Kier alpha value is -3.16. The molecular formula is C25H23ClN2O4S. The van der Waals surface area contributed by atoms with Crippen LogP contribution in [0.2, 0.25) is 5.02 Å². The Bertz CT molecular complexity index is 1400. The maximum absolute atomic E-state index is 13.6. The van der Waals surface area contributed by atoms with Crippen molar-refractivity contribution in [3.05, 3.63) is 95.6 Å². The lowest BCUT2D eigenvalue weighted by Crippen LogP contribution is -2.39. The highest BCUT2D eigenvalue weighted by Gasteiger charge is 2.33. The predicted molar refractivity (Wildman–Crippen MR) is 129 cm³/mol. The van der Waals surface area contributed by atoms with Crippen LogP contribution in [0.4, 0.5) is 0 Å². The number of fused-ring (bicyclic) bond motifs is 1. The van der Waals surface area contributed by atoms with Crippen molar-refractivity contribution in [1.29, 1.82) is 0 Å². The molecule has 0 aliphatic carbocycles. The third kappa shape index (κ3) is 4.51. The van der Waals surface area contributed by atoms with Gasteiger partial charge >= 0.3 is 5.97 Å². The number of nitrogens with zero attached hydrogens (tertiary/aromatic N) is 2. The van der Waals surface area contributed by atoms with Crippen molar-refractivity contribution < 1.29 is 14.3 Å². The normalized spacial score (nSPS) is 15.8. The van der Waals surface area contributed by atoms with Crippen LogP contribution >= 0.6 is 22.9 Å². The summed E-state index contributed by atoms with van der Waals surface area (Å²) in [6, 6.07) is 14.0. The number of halogens is 1. The van der Waals surface area contributed by atoms with Gasteiger partial charge < -0.3 is 9.47 Å². The Kier molecular flexibility index (Phi) is 6.81. The van der Waals surface area contributed by atoms with E-state index in [0.717, 1.165) is 11.1 Å². The first kappa shape index (κ1) is 23.0. The van der Waals surface area contributed by atoms with Gasteiger partial charge in [-0.15, -0.1) is 0 Å². The number of benzene rings is 2. The van der Waals surface area contributed by atoms with Crippen molar-refractivity contribution >= 4 is 35.0 Å². The summed E-state index contributed by atoms with van der Waals surface area (Å²) in [5, 5.41) is 0.551. The van der Waals surface area contributed by atoms with E-state index in [9.17, 15) is 9.59 Å². The summed E-state index contributed by atoms with van der Waals surface area (Å²) in [6.45, 7) is 6.19. The van der Waals surface area contributed by atoms with Crippen molar-refractivity contribution in [3.8, 4) is 5.75 Å². The minimum atomic E-state index is -0.663. The van der Waals surface area contributed by atoms with Gasteiger partial charge in [0.15, 0.2) is 4.80 Å². The number of hydrogen-bond acceptors (Lipinski definition) is 6. The zero-order valence-corrected chi connectivity index (χ0v) is 20.1.